The molecule has 1 aromatic carbocycles. The van der Waals surface area contributed by atoms with Crippen molar-refractivity contribution in [2.45, 2.75) is 0 Å². The second-order valence-electron chi connectivity index (χ2n) is 3.27. The molecule has 18 heavy (non-hydrogen) atoms. The van der Waals surface area contributed by atoms with Crippen LogP contribution in [0.2, 0.25) is 0 Å². The lowest BCUT2D eigenvalue weighted by Crippen LogP contribution is -2.15. The van der Waals surface area contributed by atoms with Crippen LogP contribution in [0.1, 0.15) is 15.9 Å². The molecule has 0 aliphatic rings. The first-order valence-corrected chi connectivity index (χ1v) is 5.05. The van der Waals surface area contributed by atoms with Gasteiger partial charge in [0.15, 0.2) is 0 Å². The van der Waals surface area contributed by atoms with E-state index in [1.165, 1.54) is 14.2 Å². The van der Waals surface area contributed by atoms with Crippen LogP contribution < -0.4 is 10.8 Å². The van der Waals surface area contributed by atoms with Gasteiger partial charge in [-0.15, -0.1) is 0 Å². The topological polar surface area (TPSA) is 76.7 Å². The lowest BCUT2D eigenvalue weighted by atomic mass is 10.0. The number of anilines is 1. The molecule has 1 aromatic rings. The summed E-state index contributed by atoms with van der Waals surface area (Å²) in [6, 6.07) is 4.93. The summed E-state index contributed by atoms with van der Waals surface area (Å²) in [5, 5.41) is 2.44. The summed E-state index contributed by atoms with van der Waals surface area (Å²) in [5.41, 5.74) is 3.95. The van der Waals surface area contributed by atoms with Crippen molar-refractivity contribution < 1.29 is 19.2 Å². The van der Waals surface area contributed by atoms with E-state index < -0.39 is 5.97 Å². The van der Waals surface area contributed by atoms with Crippen LogP contribution in [0.3, 0.4) is 0 Å². The first-order valence-electron chi connectivity index (χ1n) is 5.05. The molecule has 0 radical (unpaired) electrons. The molecule has 0 aliphatic heterocycles. The number of hydrogen-bond acceptors (Lipinski definition) is 5. The molecule has 0 saturated heterocycles. The van der Waals surface area contributed by atoms with Gasteiger partial charge in [0.05, 0.1) is 31.2 Å². The molecule has 0 fully saturated rings. The Morgan fingerprint density at radius 3 is 2.67 bits per heavy atom. The number of carbonyl (C=O) groups excluding carboxylic acids is 2. The maximum atomic E-state index is 11.8. The van der Waals surface area contributed by atoms with Crippen molar-refractivity contribution in [2.75, 3.05) is 19.5 Å². The van der Waals surface area contributed by atoms with Crippen molar-refractivity contribution in [1.82, 2.24) is 5.48 Å². The van der Waals surface area contributed by atoms with Gasteiger partial charge in [-0.3, -0.25) is 15.1 Å². The summed E-state index contributed by atoms with van der Waals surface area (Å²) in [5.74, 6) is -0.575. The third-order valence-electron chi connectivity index (χ3n) is 2.22. The van der Waals surface area contributed by atoms with Crippen LogP contribution in [-0.2, 0) is 14.4 Å². The smallest absolute Gasteiger partial charge is 0.340 e. The van der Waals surface area contributed by atoms with E-state index in [0.717, 1.165) is 0 Å². The van der Waals surface area contributed by atoms with Gasteiger partial charge >= 0.3 is 5.97 Å². The summed E-state index contributed by atoms with van der Waals surface area (Å²) < 4.78 is 4.69. The minimum Gasteiger partial charge on any atom is -0.465 e. The fraction of sp³-hybridized carbons (Fsp3) is 0.167. The number of amides is 1. The number of ether oxygens (including phenoxy) is 1. The number of hydroxylamine groups is 1. The number of rotatable bonds is 6. The number of carbonyl (C=O) groups is 2. The summed E-state index contributed by atoms with van der Waals surface area (Å²) in [6.45, 7) is 3.73. The zero-order valence-corrected chi connectivity index (χ0v) is 10.1. The maximum Gasteiger partial charge on any atom is 0.340 e. The highest BCUT2D eigenvalue weighted by Gasteiger charge is 2.18. The number of nitrogens with one attached hydrogen (secondary N) is 2. The average molecular weight is 250 g/mol. The molecule has 1 rings (SSSR count). The molecular formula is C12H14N2O4. The molecule has 0 spiro atoms. The third-order valence-corrected chi connectivity index (χ3v) is 2.22. The normalized spacial score (nSPS) is 9.44. The minimum atomic E-state index is -0.575. The monoisotopic (exact) mass is 250 g/mol. The van der Waals surface area contributed by atoms with Gasteiger partial charge in [-0.2, -0.15) is 0 Å². The van der Waals surface area contributed by atoms with Crippen LogP contribution in [0.5, 0.6) is 0 Å². The van der Waals surface area contributed by atoms with Gasteiger partial charge in [-0.1, -0.05) is 18.7 Å². The Morgan fingerprint density at radius 2 is 2.11 bits per heavy atom. The predicted molar refractivity (Wildman–Crippen MR) is 66.6 cm³/mol. The fourth-order valence-electron chi connectivity index (χ4n) is 1.49. The molecule has 2 N–H and O–H groups in total. The maximum absolute atomic E-state index is 11.8. The van der Waals surface area contributed by atoms with E-state index in [4.69, 9.17) is 4.84 Å². The van der Waals surface area contributed by atoms with Crippen molar-refractivity contribution in [1.29, 1.82) is 0 Å². The SMILES string of the molecule is C=C(NOC)c1cccc(NC=O)c1C(=O)OC. The molecule has 0 saturated carbocycles. The van der Waals surface area contributed by atoms with Gasteiger partial charge in [-0.05, 0) is 6.07 Å². The summed E-state index contributed by atoms with van der Waals surface area (Å²) >= 11 is 0. The van der Waals surface area contributed by atoms with Crippen LogP contribution >= 0.6 is 0 Å². The van der Waals surface area contributed by atoms with Crippen molar-refractivity contribution in [3.63, 3.8) is 0 Å². The minimum absolute atomic E-state index is 0.210. The number of methoxy groups -OCH3 is 1. The second kappa shape index (κ2) is 6.41. The highest BCUT2D eigenvalue weighted by Crippen LogP contribution is 2.24. The highest BCUT2D eigenvalue weighted by molar-refractivity contribution is 6.02. The highest BCUT2D eigenvalue weighted by atomic mass is 16.6. The van der Waals surface area contributed by atoms with Crippen LogP contribution in [-0.4, -0.2) is 26.6 Å². The van der Waals surface area contributed by atoms with Gasteiger partial charge < -0.3 is 10.1 Å². The van der Waals surface area contributed by atoms with Gasteiger partial charge in [0.2, 0.25) is 6.41 Å². The van der Waals surface area contributed by atoms with E-state index in [1.807, 2.05) is 0 Å². The number of benzene rings is 1. The van der Waals surface area contributed by atoms with Gasteiger partial charge in [0.25, 0.3) is 0 Å². The Hall–Kier alpha value is -2.34. The Labute approximate surface area is 105 Å². The predicted octanol–water partition coefficient (Wildman–Crippen LogP) is 1.16. The zero-order chi connectivity index (χ0) is 13.5. The molecule has 0 unspecified atom stereocenters. The van der Waals surface area contributed by atoms with Crippen molar-refractivity contribution in [2.24, 2.45) is 0 Å². The molecule has 0 aliphatic carbocycles. The van der Waals surface area contributed by atoms with E-state index in [2.05, 4.69) is 22.1 Å². The molecule has 0 aromatic heterocycles. The van der Waals surface area contributed by atoms with E-state index in [9.17, 15) is 9.59 Å². The van der Waals surface area contributed by atoms with Gasteiger partial charge in [-0.25, -0.2) is 4.79 Å². The summed E-state index contributed by atoms with van der Waals surface area (Å²) in [7, 11) is 2.69. The van der Waals surface area contributed by atoms with Crippen LogP contribution in [0.4, 0.5) is 5.69 Å². The zero-order valence-electron chi connectivity index (χ0n) is 10.1. The lowest BCUT2D eigenvalue weighted by molar-refractivity contribution is -0.105. The summed E-state index contributed by atoms with van der Waals surface area (Å²) in [4.78, 5) is 27.0. The first-order chi connectivity index (χ1) is 8.65. The standard InChI is InChI=1S/C12H14N2O4/c1-8(14-18-3)9-5-4-6-10(13-7-15)11(9)12(16)17-2/h4-7,14H,1H2,2-3H3,(H,13,15). The number of hydrogen-bond donors (Lipinski definition) is 2. The first kappa shape index (κ1) is 13.7. The largest absolute Gasteiger partial charge is 0.465 e. The van der Waals surface area contributed by atoms with E-state index >= 15 is 0 Å². The Kier molecular flexibility index (Phi) is 4.89. The van der Waals surface area contributed by atoms with Gasteiger partial charge in [0, 0.05) is 5.56 Å². The Morgan fingerprint density at radius 1 is 1.39 bits per heavy atom. The molecule has 0 heterocycles. The van der Waals surface area contributed by atoms with Crippen LogP contribution in [0.15, 0.2) is 24.8 Å². The molecule has 0 bridgehead atoms. The van der Waals surface area contributed by atoms with Crippen molar-refractivity contribution in [3.05, 3.63) is 35.9 Å². The molecule has 0 atom stereocenters. The Balaban J connectivity index is 3.31. The van der Waals surface area contributed by atoms with Crippen molar-refractivity contribution >= 4 is 23.8 Å². The molecular weight excluding hydrogens is 236 g/mol. The van der Waals surface area contributed by atoms with Crippen molar-refractivity contribution in [3.8, 4) is 0 Å². The molecule has 1 amide bonds. The fourth-order valence-corrected chi connectivity index (χ4v) is 1.49. The molecule has 6 heteroatoms. The summed E-state index contributed by atoms with van der Waals surface area (Å²) in [6.07, 6.45) is 0.484. The lowest BCUT2D eigenvalue weighted by Gasteiger charge is -2.14. The quantitative estimate of drug-likeness (QED) is 0.450. The van der Waals surface area contributed by atoms with Crippen LogP contribution in [0.25, 0.3) is 5.70 Å². The van der Waals surface area contributed by atoms with E-state index in [0.29, 0.717) is 23.4 Å². The Bertz CT molecular complexity index is 471. The van der Waals surface area contributed by atoms with Crippen LogP contribution in [0, 0.1) is 0 Å². The second-order valence-corrected chi connectivity index (χ2v) is 3.27. The van der Waals surface area contributed by atoms with E-state index in [1.54, 1.807) is 18.2 Å². The number of esters is 1. The van der Waals surface area contributed by atoms with E-state index in [-0.39, 0.29) is 5.56 Å². The molecule has 96 valence electrons. The third kappa shape index (κ3) is 2.86. The molecule has 6 nitrogen and oxygen atoms in total. The average Bonchev–Trinajstić information content (AvgIpc) is 2.38. The van der Waals surface area contributed by atoms with Gasteiger partial charge in [0.1, 0.15) is 0 Å².